The van der Waals surface area contributed by atoms with Crippen molar-refractivity contribution in [1.82, 2.24) is 0 Å². The fourth-order valence-electron chi connectivity index (χ4n) is 3.38. The quantitative estimate of drug-likeness (QED) is 0.441. The van der Waals surface area contributed by atoms with E-state index in [2.05, 4.69) is 0 Å². The fraction of sp³-hybridized carbons (Fsp3) is 0.455. The molecule has 0 radical (unpaired) electrons. The van der Waals surface area contributed by atoms with Crippen molar-refractivity contribution in [3.8, 4) is 0 Å². The van der Waals surface area contributed by atoms with Gasteiger partial charge in [0.2, 0.25) is 0 Å². The van der Waals surface area contributed by atoms with Gasteiger partial charge in [0, 0.05) is 0 Å². The third kappa shape index (κ3) is 2.26. The second-order valence-electron chi connectivity index (χ2n) is 5.50. The molecule has 0 saturated heterocycles. The minimum Gasteiger partial charge on any atom is -0.449 e. The molecule has 3 saturated carbocycles. The Morgan fingerprint density at radius 1 is 1.00 bits per heavy atom. The Morgan fingerprint density at radius 2 is 1.42 bits per heavy atom. The Labute approximate surface area is 160 Å². The summed E-state index contributed by atoms with van der Waals surface area (Å²) in [6.07, 6.45) is 0.255. The van der Waals surface area contributed by atoms with E-state index < -0.39 is 23.5 Å². The molecule has 0 unspecified atom stereocenters. The van der Waals surface area contributed by atoms with Gasteiger partial charge in [-0.2, -0.15) is 0 Å². The van der Waals surface area contributed by atoms with E-state index in [1.807, 2.05) is 0 Å². The molecule has 0 aliphatic heterocycles. The normalized spacial score (nSPS) is 32.1. The summed E-state index contributed by atoms with van der Waals surface area (Å²) in [6.45, 7) is -4.80. The van der Waals surface area contributed by atoms with Crippen LogP contribution in [0.2, 0.25) is 15.4 Å². The third-order valence-electron chi connectivity index (χ3n) is 4.36. The smallest absolute Gasteiger partial charge is 0.449 e. The van der Waals surface area contributed by atoms with Crippen molar-refractivity contribution in [3.05, 3.63) is 33.6 Å². The number of benzene rings is 1. The molecular weight excluding hydrogens is 329 g/mol. The molecule has 1 aromatic rings. The molecule has 0 N–H and O–H groups in total. The van der Waals surface area contributed by atoms with Crippen LogP contribution in [0.15, 0.2) is 12.1 Å². The summed E-state index contributed by atoms with van der Waals surface area (Å²) in [4.78, 5) is 0. The van der Waals surface area contributed by atoms with Crippen LogP contribution in [0.4, 0.5) is 17.3 Å². The Bertz CT molecular complexity index is 503. The van der Waals surface area contributed by atoms with E-state index in [1.54, 1.807) is 0 Å². The van der Waals surface area contributed by atoms with E-state index in [4.69, 9.17) is 23.2 Å². The summed E-state index contributed by atoms with van der Waals surface area (Å²) in [5.74, 6) is -0.719. The van der Waals surface area contributed by atoms with Gasteiger partial charge in [0.15, 0.2) is 5.82 Å². The third-order valence-corrected chi connectivity index (χ3v) is 4.91. The van der Waals surface area contributed by atoms with Crippen molar-refractivity contribution in [2.45, 2.75) is 30.0 Å². The maximum absolute atomic E-state index is 13.3. The van der Waals surface area contributed by atoms with Crippen LogP contribution in [0.5, 0.6) is 0 Å². The van der Waals surface area contributed by atoms with Crippen LogP contribution in [0.1, 0.15) is 24.8 Å². The van der Waals surface area contributed by atoms with Gasteiger partial charge in [-0.3, -0.25) is 0 Å². The second-order valence-corrected chi connectivity index (χ2v) is 6.32. The number of rotatable bonds is 2. The van der Waals surface area contributed by atoms with Crippen LogP contribution in [0.25, 0.3) is 0 Å². The summed E-state index contributed by atoms with van der Waals surface area (Å²) in [6, 6.07) is 2.80. The second kappa shape index (κ2) is 4.86. The van der Waals surface area contributed by atoms with E-state index in [1.165, 1.54) is 12.1 Å². The zero-order chi connectivity index (χ0) is 13.3. The van der Waals surface area contributed by atoms with Crippen molar-refractivity contribution in [3.63, 3.8) is 0 Å². The molecule has 3 fully saturated rings. The molecule has 0 aromatic heterocycles. The van der Waals surface area contributed by atoms with Crippen LogP contribution < -0.4 is 51.4 Å². The molecule has 0 heterocycles. The van der Waals surface area contributed by atoms with Gasteiger partial charge in [0.05, 0.1) is 10.0 Å². The van der Waals surface area contributed by atoms with E-state index in [0.717, 1.165) is 0 Å². The zero-order valence-electron chi connectivity index (χ0n) is 10.1. The molecule has 3 aliphatic rings. The van der Waals surface area contributed by atoms with E-state index in [9.17, 15) is 17.3 Å². The largest absolute Gasteiger partial charge is 1.00 e. The first kappa shape index (κ1) is 16.6. The molecule has 19 heavy (non-hydrogen) atoms. The summed E-state index contributed by atoms with van der Waals surface area (Å²) in [7, 11) is 0. The molecule has 98 valence electrons. The van der Waals surface area contributed by atoms with Gasteiger partial charge in [-0.05, 0) is 23.1 Å². The number of halogens is 6. The molecule has 0 nitrogen and oxygen atoms in total. The molecule has 0 spiro atoms. The predicted molar refractivity (Wildman–Crippen MR) is 63.7 cm³/mol. The zero-order valence-corrected chi connectivity index (χ0v) is 14.8. The van der Waals surface area contributed by atoms with Crippen LogP contribution in [-0.4, -0.2) is 6.98 Å². The first-order valence-corrected chi connectivity index (χ1v) is 6.29. The monoisotopic (exact) mass is 336 g/mol. The van der Waals surface area contributed by atoms with Crippen molar-refractivity contribution >= 4 is 30.2 Å². The van der Waals surface area contributed by atoms with Gasteiger partial charge < -0.3 is 12.9 Å². The van der Waals surface area contributed by atoms with Gasteiger partial charge in [0.25, 0.3) is 0 Å². The number of hydrogen-bond donors (Lipinski definition) is 0. The average molecular weight is 337 g/mol. The van der Waals surface area contributed by atoms with Gasteiger partial charge in [-0.15, -0.1) is 0 Å². The van der Waals surface area contributed by atoms with Crippen LogP contribution in [0.3, 0.4) is 0 Å². The van der Waals surface area contributed by atoms with Crippen molar-refractivity contribution in [2.24, 2.45) is 0 Å². The van der Waals surface area contributed by atoms with Crippen molar-refractivity contribution in [1.29, 1.82) is 0 Å². The van der Waals surface area contributed by atoms with E-state index in [-0.39, 0.29) is 80.7 Å². The SMILES string of the molecule is Fc1c(Cl)cc(C23CC([B-](F)(F)F)(C2)C3)cc1Cl.[K+]. The topological polar surface area (TPSA) is 0 Å². The summed E-state index contributed by atoms with van der Waals surface area (Å²) in [5.41, 5.74) is 0.138. The van der Waals surface area contributed by atoms with Gasteiger partial charge in [0.1, 0.15) is 0 Å². The Balaban J connectivity index is 0.00000133. The molecule has 2 bridgehead atoms. The van der Waals surface area contributed by atoms with E-state index >= 15 is 0 Å². The molecule has 3 aliphatic carbocycles. The van der Waals surface area contributed by atoms with Gasteiger partial charge in [-0.1, -0.05) is 47.8 Å². The first-order valence-electron chi connectivity index (χ1n) is 5.54. The predicted octanol–water partition coefficient (Wildman–Crippen LogP) is 2.16. The first-order chi connectivity index (χ1) is 8.19. The van der Waals surface area contributed by atoms with Crippen LogP contribution in [0, 0.1) is 5.82 Å². The Hall–Kier alpha value is 1.22. The summed E-state index contributed by atoms with van der Waals surface area (Å²) < 4.78 is 51.6. The van der Waals surface area contributed by atoms with Crippen molar-refractivity contribution in [2.75, 3.05) is 0 Å². The maximum Gasteiger partial charge on any atom is 1.00 e. The van der Waals surface area contributed by atoms with Gasteiger partial charge in [-0.25, -0.2) is 4.39 Å². The molecule has 0 amide bonds. The molecule has 0 atom stereocenters. The fourth-order valence-corrected chi connectivity index (χ4v) is 3.87. The molecular formula is C11H8BCl2F4K. The maximum atomic E-state index is 13.3. The average Bonchev–Trinajstić information content (AvgIpc) is 2.06. The number of hydrogen-bond acceptors (Lipinski definition) is 0. The molecule has 8 heteroatoms. The standard InChI is InChI=1S/C11H8BCl2F4.K/c13-7-1-6(2-8(14)9(7)15)10-3-11(4-10,5-10)12(16,17)18;/h1-2H,3-5H2;/q-1;+1. The van der Waals surface area contributed by atoms with Crippen LogP contribution >= 0.6 is 23.2 Å². The van der Waals surface area contributed by atoms with E-state index in [0.29, 0.717) is 5.56 Å². The Morgan fingerprint density at radius 3 is 1.79 bits per heavy atom. The van der Waals surface area contributed by atoms with Crippen LogP contribution in [-0.2, 0) is 5.41 Å². The summed E-state index contributed by atoms with van der Waals surface area (Å²) >= 11 is 11.3. The summed E-state index contributed by atoms with van der Waals surface area (Å²) in [5, 5.41) is -1.73. The van der Waals surface area contributed by atoms with Gasteiger partial charge >= 0.3 is 58.4 Å². The molecule has 1 aromatic carbocycles. The molecule has 4 rings (SSSR count). The minimum atomic E-state index is -4.80. The van der Waals surface area contributed by atoms with Crippen molar-refractivity contribution < 1.29 is 68.7 Å². The minimum absolute atomic E-state index is 0. The Kier molecular flexibility index (Phi) is 4.25.